The van der Waals surface area contributed by atoms with Crippen LogP contribution >= 0.6 is 0 Å². The molecule has 4 heteroatoms. The van der Waals surface area contributed by atoms with Crippen LogP contribution < -0.4 is 10.2 Å². The first-order valence-electron chi connectivity index (χ1n) is 8.08. The van der Waals surface area contributed by atoms with Gasteiger partial charge in [-0.2, -0.15) is 0 Å². The number of anilines is 1. The number of rotatable bonds is 10. The molecule has 0 aliphatic rings. The largest absolute Gasteiger partial charge is 0.370 e. The first kappa shape index (κ1) is 17.9. The van der Waals surface area contributed by atoms with Gasteiger partial charge in [0.05, 0.1) is 5.69 Å². The van der Waals surface area contributed by atoms with E-state index in [2.05, 4.69) is 67.1 Å². The van der Waals surface area contributed by atoms with Crippen LogP contribution in [0.25, 0.3) is 0 Å². The van der Waals surface area contributed by atoms with Crippen molar-refractivity contribution in [3.05, 3.63) is 24.0 Å². The summed E-state index contributed by atoms with van der Waals surface area (Å²) in [7, 11) is 4.25. The molecule has 1 aromatic rings. The minimum atomic E-state index is 0.655. The van der Waals surface area contributed by atoms with E-state index in [4.69, 9.17) is 0 Å². The topological polar surface area (TPSA) is 31.4 Å². The Morgan fingerprint density at radius 3 is 2.62 bits per heavy atom. The predicted octanol–water partition coefficient (Wildman–Crippen LogP) is 2.61. The van der Waals surface area contributed by atoms with Gasteiger partial charge in [0.1, 0.15) is 0 Å². The molecule has 0 radical (unpaired) electrons. The van der Waals surface area contributed by atoms with Crippen LogP contribution in [0.15, 0.2) is 18.3 Å². The van der Waals surface area contributed by atoms with Gasteiger partial charge in [-0.05, 0) is 45.1 Å². The van der Waals surface area contributed by atoms with E-state index in [0.717, 1.165) is 44.8 Å². The van der Waals surface area contributed by atoms with Gasteiger partial charge >= 0.3 is 0 Å². The molecule has 21 heavy (non-hydrogen) atoms. The summed E-state index contributed by atoms with van der Waals surface area (Å²) in [6.45, 7) is 11.8. The Morgan fingerprint density at radius 2 is 2.00 bits per heavy atom. The number of nitrogens with one attached hydrogen (secondary N) is 1. The fourth-order valence-corrected chi connectivity index (χ4v) is 2.24. The summed E-state index contributed by atoms with van der Waals surface area (Å²) in [5.41, 5.74) is 2.41. The quantitative estimate of drug-likeness (QED) is 0.672. The molecule has 4 nitrogen and oxygen atoms in total. The second-order valence-corrected chi connectivity index (χ2v) is 6.33. The summed E-state index contributed by atoms with van der Waals surface area (Å²) in [5, 5.41) is 3.42. The molecule has 0 amide bonds. The fourth-order valence-electron chi connectivity index (χ4n) is 2.24. The van der Waals surface area contributed by atoms with Crippen LogP contribution in [0.4, 0.5) is 5.69 Å². The third-order valence-corrected chi connectivity index (χ3v) is 3.30. The molecule has 0 aromatic carbocycles. The van der Waals surface area contributed by atoms with Crippen molar-refractivity contribution in [2.45, 2.75) is 33.7 Å². The van der Waals surface area contributed by atoms with Gasteiger partial charge in [-0.15, -0.1) is 0 Å². The summed E-state index contributed by atoms with van der Waals surface area (Å²) in [6.07, 6.45) is 3.09. The number of nitrogens with zero attached hydrogens (tertiary/aromatic N) is 3. The van der Waals surface area contributed by atoms with Crippen LogP contribution in [-0.4, -0.2) is 50.2 Å². The SMILES string of the molecule is CCCNCc1cc(N(CCN(C)C)CC(C)C)ccn1. The lowest BCUT2D eigenvalue weighted by Gasteiger charge is -2.28. The van der Waals surface area contributed by atoms with Crippen LogP contribution in [0.1, 0.15) is 32.9 Å². The second kappa shape index (κ2) is 9.74. The van der Waals surface area contributed by atoms with Gasteiger partial charge in [0, 0.05) is 38.1 Å². The van der Waals surface area contributed by atoms with Gasteiger partial charge in [0.15, 0.2) is 0 Å². The van der Waals surface area contributed by atoms with Crippen LogP contribution in [-0.2, 0) is 6.54 Å². The van der Waals surface area contributed by atoms with Gasteiger partial charge in [-0.1, -0.05) is 20.8 Å². The van der Waals surface area contributed by atoms with Gasteiger partial charge in [0.2, 0.25) is 0 Å². The average molecular weight is 292 g/mol. The molecule has 0 aliphatic carbocycles. The highest BCUT2D eigenvalue weighted by molar-refractivity contribution is 5.46. The molecule has 1 aromatic heterocycles. The minimum Gasteiger partial charge on any atom is -0.370 e. The van der Waals surface area contributed by atoms with E-state index in [-0.39, 0.29) is 0 Å². The molecule has 0 fully saturated rings. The monoisotopic (exact) mass is 292 g/mol. The van der Waals surface area contributed by atoms with Gasteiger partial charge in [0.25, 0.3) is 0 Å². The van der Waals surface area contributed by atoms with E-state index in [9.17, 15) is 0 Å². The van der Waals surface area contributed by atoms with Crippen molar-refractivity contribution in [1.29, 1.82) is 0 Å². The first-order chi connectivity index (χ1) is 10.0. The number of aromatic nitrogens is 1. The van der Waals surface area contributed by atoms with Crippen molar-refractivity contribution < 1.29 is 0 Å². The molecule has 0 saturated carbocycles. The number of likely N-dealkylation sites (N-methyl/N-ethyl adjacent to an activating group) is 1. The van der Waals surface area contributed by atoms with Crippen LogP contribution in [0.5, 0.6) is 0 Å². The first-order valence-corrected chi connectivity index (χ1v) is 8.08. The standard InChI is InChI=1S/C17H32N4/c1-6-8-18-13-16-12-17(7-9-19-16)21(14-15(2)3)11-10-20(4)5/h7,9,12,15,18H,6,8,10-11,13-14H2,1-5H3. The smallest absolute Gasteiger partial charge is 0.0562 e. The summed E-state index contributed by atoms with van der Waals surface area (Å²) in [4.78, 5) is 9.17. The molecule has 1 N–H and O–H groups in total. The summed E-state index contributed by atoms with van der Waals surface area (Å²) in [6, 6.07) is 4.35. The molecule has 0 aliphatic heterocycles. The number of pyridine rings is 1. The Kier molecular flexibility index (Phi) is 8.31. The molecule has 1 heterocycles. The van der Waals surface area contributed by atoms with E-state index in [1.165, 1.54) is 5.69 Å². The average Bonchev–Trinajstić information content (AvgIpc) is 2.43. The second-order valence-electron chi connectivity index (χ2n) is 6.33. The maximum Gasteiger partial charge on any atom is 0.0562 e. The highest BCUT2D eigenvalue weighted by Gasteiger charge is 2.10. The highest BCUT2D eigenvalue weighted by atomic mass is 15.2. The van der Waals surface area contributed by atoms with Crippen LogP contribution in [0.3, 0.4) is 0 Å². The van der Waals surface area contributed by atoms with Crippen LogP contribution in [0.2, 0.25) is 0 Å². The zero-order chi connectivity index (χ0) is 15.7. The summed E-state index contributed by atoms with van der Waals surface area (Å²) in [5.74, 6) is 0.655. The highest BCUT2D eigenvalue weighted by Crippen LogP contribution is 2.16. The maximum absolute atomic E-state index is 4.47. The van der Waals surface area contributed by atoms with E-state index < -0.39 is 0 Å². The molecular weight excluding hydrogens is 260 g/mol. The predicted molar refractivity (Wildman–Crippen MR) is 91.8 cm³/mol. The third kappa shape index (κ3) is 7.44. The van der Waals surface area contributed by atoms with E-state index in [1.54, 1.807) is 0 Å². The van der Waals surface area contributed by atoms with Gasteiger partial charge < -0.3 is 15.1 Å². The van der Waals surface area contributed by atoms with Gasteiger partial charge in [-0.25, -0.2) is 0 Å². The molecule has 1 rings (SSSR count). The molecule has 0 atom stereocenters. The lowest BCUT2D eigenvalue weighted by molar-refractivity contribution is 0.409. The van der Waals surface area contributed by atoms with Crippen molar-refractivity contribution in [2.75, 3.05) is 45.2 Å². The zero-order valence-electron chi connectivity index (χ0n) is 14.4. The van der Waals surface area contributed by atoms with Crippen molar-refractivity contribution in [2.24, 2.45) is 5.92 Å². The number of hydrogen-bond acceptors (Lipinski definition) is 4. The normalized spacial score (nSPS) is 11.4. The van der Waals surface area contributed by atoms with Crippen molar-refractivity contribution in [3.8, 4) is 0 Å². The Bertz CT molecular complexity index is 390. The lowest BCUT2D eigenvalue weighted by atomic mass is 10.2. The zero-order valence-corrected chi connectivity index (χ0v) is 14.4. The Labute approximate surface area is 130 Å². The fraction of sp³-hybridized carbons (Fsp3) is 0.706. The van der Waals surface area contributed by atoms with Crippen molar-refractivity contribution >= 4 is 5.69 Å². The van der Waals surface area contributed by atoms with Crippen LogP contribution in [0, 0.1) is 5.92 Å². The maximum atomic E-state index is 4.47. The Morgan fingerprint density at radius 1 is 1.24 bits per heavy atom. The van der Waals surface area contributed by atoms with Crippen molar-refractivity contribution in [1.82, 2.24) is 15.2 Å². The van der Waals surface area contributed by atoms with Gasteiger partial charge in [-0.3, -0.25) is 4.98 Å². The van der Waals surface area contributed by atoms with E-state index >= 15 is 0 Å². The van der Waals surface area contributed by atoms with E-state index in [1.807, 2.05) is 6.20 Å². The van der Waals surface area contributed by atoms with Crippen molar-refractivity contribution in [3.63, 3.8) is 0 Å². The Balaban J connectivity index is 2.73. The summed E-state index contributed by atoms with van der Waals surface area (Å²) >= 11 is 0. The molecule has 0 unspecified atom stereocenters. The Hall–Kier alpha value is -1.13. The molecule has 120 valence electrons. The molecule has 0 saturated heterocycles. The van der Waals surface area contributed by atoms with E-state index in [0.29, 0.717) is 5.92 Å². The molecular formula is C17H32N4. The minimum absolute atomic E-state index is 0.655. The summed E-state index contributed by atoms with van der Waals surface area (Å²) < 4.78 is 0. The molecule has 0 bridgehead atoms. The lowest BCUT2D eigenvalue weighted by Crippen LogP contribution is -2.34. The molecule has 0 spiro atoms. The third-order valence-electron chi connectivity index (χ3n) is 3.30. The number of hydrogen-bond donors (Lipinski definition) is 1.